The Hall–Kier alpha value is -1.75. The van der Waals surface area contributed by atoms with Gasteiger partial charge in [0.2, 0.25) is 0 Å². The van der Waals surface area contributed by atoms with E-state index < -0.39 is 0 Å². The molecule has 1 aromatic heterocycles. The highest BCUT2D eigenvalue weighted by Crippen LogP contribution is 2.25. The molecule has 1 heterocycles. The molecule has 21 heavy (non-hydrogen) atoms. The fraction of sp³-hybridized carbons (Fsp3) is 0.312. The van der Waals surface area contributed by atoms with Gasteiger partial charge < -0.3 is 15.6 Å². The van der Waals surface area contributed by atoms with Gasteiger partial charge in [-0.2, -0.15) is 0 Å². The van der Waals surface area contributed by atoms with E-state index in [0.717, 1.165) is 34.3 Å². The van der Waals surface area contributed by atoms with E-state index in [2.05, 4.69) is 28.2 Å². The number of nitrogen functional groups attached to an aromatic ring is 1. The number of nitrogens with two attached hydrogens (primary N) is 1. The van der Waals surface area contributed by atoms with Crippen LogP contribution in [0.15, 0.2) is 28.9 Å². The molecule has 2 aromatic rings. The molecule has 0 aliphatic carbocycles. The van der Waals surface area contributed by atoms with Crippen LogP contribution >= 0.6 is 15.9 Å². The number of hydrogen-bond donors (Lipinski definition) is 2. The van der Waals surface area contributed by atoms with E-state index in [1.807, 2.05) is 30.5 Å². The summed E-state index contributed by atoms with van der Waals surface area (Å²) in [5, 5.41) is 2.94. The summed E-state index contributed by atoms with van der Waals surface area (Å²) in [6, 6.07) is 5.61. The zero-order valence-corrected chi connectivity index (χ0v) is 14.1. The smallest absolute Gasteiger partial charge is 0.272 e. The van der Waals surface area contributed by atoms with Gasteiger partial charge in [-0.05, 0) is 49.6 Å². The highest BCUT2D eigenvalue weighted by Gasteiger charge is 2.13. The van der Waals surface area contributed by atoms with E-state index in [1.54, 1.807) is 12.3 Å². The second-order valence-electron chi connectivity index (χ2n) is 5.23. The molecule has 5 heteroatoms. The number of nitrogens with zero attached hydrogens (tertiary/aromatic N) is 1. The normalized spacial score (nSPS) is 10.7. The van der Waals surface area contributed by atoms with Gasteiger partial charge in [-0.1, -0.05) is 22.9 Å². The number of anilines is 2. The van der Waals surface area contributed by atoms with Crippen LogP contribution in [-0.4, -0.2) is 10.5 Å². The third kappa shape index (κ3) is 3.47. The summed E-state index contributed by atoms with van der Waals surface area (Å²) in [5.41, 5.74) is 9.98. The molecule has 1 aromatic carbocycles. The predicted molar refractivity (Wildman–Crippen MR) is 90.7 cm³/mol. The molecule has 0 saturated heterocycles. The lowest BCUT2D eigenvalue weighted by Crippen LogP contribution is -2.17. The zero-order chi connectivity index (χ0) is 15.6. The van der Waals surface area contributed by atoms with Crippen LogP contribution < -0.4 is 11.1 Å². The van der Waals surface area contributed by atoms with Gasteiger partial charge in [-0.3, -0.25) is 4.79 Å². The van der Waals surface area contributed by atoms with Crippen LogP contribution in [0.1, 0.15) is 35.0 Å². The molecule has 0 unspecified atom stereocenters. The molecule has 0 aliphatic rings. The minimum Gasteiger partial charge on any atom is -0.397 e. The summed E-state index contributed by atoms with van der Waals surface area (Å²) in [6.07, 6.45) is 2.75. The van der Waals surface area contributed by atoms with E-state index in [1.165, 1.54) is 0 Å². The number of benzene rings is 1. The van der Waals surface area contributed by atoms with Crippen LogP contribution in [-0.2, 0) is 6.54 Å². The minimum atomic E-state index is -0.138. The van der Waals surface area contributed by atoms with E-state index in [4.69, 9.17) is 5.73 Å². The van der Waals surface area contributed by atoms with Crippen LogP contribution in [0.4, 0.5) is 11.4 Å². The third-order valence-electron chi connectivity index (χ3n) is 3.31. The summed E-state index contributed by atoms with van der Waals surface area (Å²) in [4.78, 5) is 12.4. The molecule has 112 valence electrons. The zero-order valence-electron chi connectivity index (χ0n) is 12.5. The van der Waals surface area contributed by atoms with Crippen LogP contribution in [0.5, 0.6) is 0 Å². The number of aryl methyl sites for hydroxylation is 3. The fourth-order valence-corrected chi connectivity index (χ4v) is 2.59. The number of carbonyl (C=O) groups is 1. The SMILES string of the molecule is CCCn1cc(N)cc1C(=O)Nc1cc(C)c(Br)c(C)c1. The first-order chi connectivity index (χ1) is 9.92. The quantitative estimate of drug-likeness (QED) is 0.872. The Morgan fingerprint density at radius 1 is 1.29 bits per heavy atom. The summed E-state index contributed by atoms with van der Waals surface area (Å²) in [5.74, 6) is -0.138. The maximum absolute atomic E-state index is 12.4. The van der Waals surface area contributed by atoms with Gasteiger partial charge in [0, 0.05) is 22.9 Å². The molecule has 0 bridgehead atoms. The van der Waals surface area contributed by atoms with Crippen molar-refractivity contribution in [2.45, 2.75) is 33.7 Å². The van der Waals surface area contributed by atoms with Gasteiger partial charge in [0.1, 0.15) is 5.69 Å². The number of rotatable bonds is 4. The number of halogens is 1. The van der Waals surface area contributed by atoms with Crippen molar-refractivity contribution >= 4 is 33.2 Å². The van der Waals surface area contributed by atoms with E-state index in [0.29, 0.717) is 11.4 Å². The Morgan fingerprint density at radius 2 is 1.90 bits per heavy atom. The van der Waals surface area contributed by atoms with Gasteiger partial charge in [0.05, 0.1) is 5.69 Å². The topological polar surface area (TPSA) is 60.0 Å². The second kappa shape index (κ2) is 6.35. The summed E-state index contributed by atoms with van der Waals surface area (Å²) in [7, 11) is 0. The molecule has 0 fully saturated rings. The largest absolute Gasteiger partial charge is 0.397 e. The average Bonchev–Trinajstić information content (AvgIpc) is 2.77. The van der Waals surface area contributed by atoms with Crippen LogP contribution in [0.25, 0.3) is 0 Å². The molecule has 0 atom stereocenters. The number of carbonyl (C=O) groups excluding carboxylic acids is 1. The lowest BCUT2D eigenvalue weighted by atomic mass is 10.1. The van der Waals surface area contributed by atoms with Crippen molar-refractivity contribution in [1.82, 2.24) is 4.57 Å². The number of nitrogens with one attached hydrogen (secondary N) is 1. The summed E-state index contributed by atoms with van der Waals surface area (Å²) in [6.45, 7) is 6.85. The Balaban J connectivity index is 2.26. The van der Waals surface area contributed by atoms with Crippen LogP contribution in [0, 0.1) is 13.8 Å². The van der Waals surface area contributed by atoms with Gasteiger partial charge in [0.15, 0.2) is 0 Å². The highest BCUT2D eigenvalue weighted by atomic mass is 79.9. The van der Waals surface area contributed by atoms with Gasteiger partial charge in [-0.25, -0.2) is 0 Å². The van der Waals surface area contributed by atoms with Crippen LogP contribution in [0.3, 0.4) is 0 Å². The third-order valence-corrected chi connectivity index (χ3v) is 4.56. The fourth-order valence-electron chi connectivity index (χ4n) is 2.36. The van der Waals surface area contributed by atoms with Crippen LogP contribution in [0.2, 0.25) is 0 Å². The molecule has 4 nitrogen and oxygen atoms in total. The molecular weight excluding hydrogens is 330 g/mol. The molecule has 1 amide bonds. The maximum Gasteiger partial charge on any atom is 0.272 e. The average molecular weight is 350 g/mol. The van der Waals surface area contributed by atoms with Crippen molar-refractivity contribution < 1.29 is 4.79 Å². The molecular formula is C16H20BrN3O. The highest BCUT2D eigenvalue weighted by molar-refractivity contribution is 9.10. The van der Waals surface area contributed by atoms with Gasteiger partial charge in [-0.15, -0.1) is 0 Å². The molecule has 0 radical (unpaired) electrons. The van der Waals surface area contributed by atoms with Crippen molar-refractivity contribution in [2.24, 2.45) is 0 Å². The van der Waals surface area contributed by atoms with E-state index in [9.17, 15) is 4.79 Å². The van der Waals surface area contributed by atoms with Crippen molar-refractivity contribution in [1.29, 1.82) is 0 Å². The van der Waals surface area contributed by atoms with Gasteiger partial charge in [0.25, 0.3) is 5.91 Å². The van der Waals surface area contributed by atoms with E-state index in [-0.39, 0.29) is 5.91 Å². The monoisotopic (exact) mass is 349 g/mol. The standard InChI is InChI=1S/C16H20BrN3O/c1-4-5-20-9-12(18)8-14(20)16(21)19-13-6-10(2)15(17)11(3)7-13/h6-9H,4-5,18H2,1-3H3,(H,19,21). The van der Waals surface area contributed by atoms with Crippen molar-refractivity contribution in [2.75, 3.05) is 11.1 Å². The van der Waals surface area contributed by atoms with Crippen molar-refractivity contribution in [3.63, 3.8) is 0 Å². The number of hydrogen-bond acceptors (Lipinski definition) is 2. The first-order valence-corrected chi connectivity index (χ1v) is 7.75. The van der Waals surface area contributed by atoms with Crippen molar-refractivity contribution in [3.8, 4) is 0 Å². The lowest BCUT2D eigenvalue weighted by Gasteiger charge is -2.11. The summed E-state index contributed by atoms with van der Waals surface area (Å²) >= 11 is 3.53. The number of amides is 1. The molecule has 3 N–H and O–H groups in total. The Kier molecular flexibility index (Phi) is 4.73. The predicted octanol–water partition coefficient (Wildman–Crippen LogP) is 4.11. The molecule has 2 rings (SSSR count). The van der Waals surface area contributed by atoms with Gasteiger partial charge >= 0.3 is 0 Å². The minimum absolute atomic E-state index is 0.138. The summed E-state index contributed by atoms with van der Waals surface area (Å²) < 4.78 is 2.96. The Labute approximate surface area is 133 Å². The molecule has 0 aliphatic heterocycles. The maximum atomic E-state index is 12.4. The van der Waals surface area contributed by atoms with Crippen molar-refractivity contribution in [3.05, 3.63) is 45.7 Å². The molecule has 0 spiro atoms. The number of aromatic nitrogens is 1. The first-order valence-electron chi connectivity index (χ1n) is 6.96. The molecule has 0 saturated carbocycles. The lowest BCUT2D eigenvalue weighted by molar-refractivity contribution is 0.101. The first kappa shape index (κ1) is 15.6. The Morgan fingerprint density at radius 3 is 2.48 bits per heavy atom. The van der Waals surface area contributed by atoms with E-state index >= 15 is 0 Å². The second-order valence-corrected chi connectivity index (χ2v) is 6.02. The Bertz CT molecular complexity index is 653.